The molecule has 0 spiro atoms. The summed E-state index contributed by atoms with van der Waals surface area (Å²) < 4.78 is 37.5. The van der Waals surface area contributed by atoms with E-state index in [1.807, 2.05) is 0 Å². The number of methoxy groups -OCH3 is 2. The van der Waals surface area contributed by atoms with Gasteiger partial charge in [-0.15, -0.1) is 0 Å². The molecular formula is C21H23N3O7S. The Morgan fingerprint density at radius 2 is 1.69 bits per heavy atom. The monoisotopic (exact) mass is 461 g/mol. The summed E-state index contributed by atoms with van der Waals surface area (Å²) in [6.45, 7) is -0.174. The van der Waals surface area contributed by atoms with Crippen LogP contribution in [0.2, 0.25) is 0 Å². The van der Waals surface area contributed by atoms with Crippen molar-refractivity contribution in [3.8, 4) is 5.75 Å². The van der Waals surface area contributed by atoms with Crippen LogP contribution >= 0.6 is 0 Å². The van der Waals surface area contributed by atoms with Gasteiger partial charge in [-0.2, -0.15) is 0 Å². The zero-order chi connectivity index (χ0) is 23.3. The molecule has 1 amide bonds. The number of nitrogens with zero attached hydrogens (tertiary/aromatic N) is 1. The number of esters is 1. The maximum Gasteiger partial charge on any atom is 0.337 e. The Morgan fingerprint density at radius 1 is 1.06 bits per heavy atom. The van der Waals surface area contributed by atoms with E-state index in [4.69, 9.17) is 14.6 Å². The van der Waals surface area contributed by atoms with Crippen molar-refractivity contribution in [1.29, 1.82) is 0 Å². The lowest BCUT2D eigenvalue weighted by Gasteiger charge is -2.15. The molecule has 0 saturated carbocycles. The third-order valence-corrected chi connectivity index (χ3v) is 6.13. The molecule has 1 heterocycles. The number of aliphatic hydroxyl groups is 1. The molecule has 2 aromatic carbocycles. The van der Waals surface area contributed by atoms with Gasteiger partial charge in [0.2, 0.25) is 0 Å². The van der Waals surface area contributed by atoms with Gasteiger partial charge in [-0.3, -0.25) is 9.52 Å². The maximum atomic E-state index is 12.6. The van der Waals surface area contributed by atoms with E-state index in [0.29, 0.717) is 17.1 Å². The second-order valence-electron chi connectivity index (χ2n) is 6.78. The van der Waals surface area contributed by atoms with E-state index in [-0.39, 0.29) is 35.9 Å². The van der Waals surface area contributed by atoms with Crippen LogP contribution < -0.4 is 14.8 Å². The van der Waals surface area contributed by atoms with Crippen molar-refractivity contribution in [2.75, 3.05) is 44.0 Å². The quantitative estimate of drug-likeness (QED) is 0.474. The molecule has 3 N–H and O–H groups in total. The molecule has 0 unspecified atom stereocenters. The van der Waals surface area contributed by atoms with Gasteiger partial charge in [0.05, 0.1) is 37.8 Å². The number of ether oxygens (including phenoxy) is 2. The number of amides is 1. The van der Waals surface area contributed by atoms with Crippen molar-refractivity contribution in [2.24, 2.45) is 0 Å². The first-order chi connectivity index (χ1) is 15.3. The van der Waals surface area contributed by atoms with Crippen molar-refractivity contribution < 1.29 is 32.6 Å². The standard InChI is InChI=1S/C21H23N3O7S/c1-30-16-7-3-15(4-8-16)23-32(28,29)17-9-5-14(6-10-17)22-19-18(21(27)31-2)13-24(11-12-25)20(19)26/h3-10,22-23,25H,11-13H2,1-2H3. The number of hydrogen-bond donors (Lipinski definition) is 3. The fourth-order valence-electron chi connectivity index (χ4n) is 3.08. The molecule has 10 nitrogen and oxygen atoms in total. The predicted molar refractivity (Wildman–Crippen MR) is 117 cm³/mol. The molecule has 0 saturated heterocycles. The second kappa shape index (κ2) is 9.71. The summed E-state index contributed by atoms with van der Waals surface area (Å²) in [6.07, 6.45) is 0. The molecule has 1 aliphatic rings. The third-order valence-electron chi connectivity index (χ3n) is 4.73. The van der Waals surface area contributed by atoms with Gasteiger partial charge in [-0.1, -0.05) is 0 Å². The number of sulfonamides is 1. The van der Waals surface area contributed by atoms with Gasteiger partial charge in [0.25, 0.3) is 15.9 Å². The number of anilines is 2. The summed E-state index contributed by atoms with van der Waals surface area (Å²) in [5.74, 6) is -0.524. The first-order valence-corrected chi connectivity index (χ1v) is 11.0. The average Bonchev–Trinajstić information content (AvgIpc) is 3.09. The highest BCUT2D eigenvalue weighted by Gasteiger charge is 2.34. The van der Waals surface area contributed by atoms with Crippen molar-refractivity contribution in [3.63, 3.8) is 0 Å². The number of carbonyl (C=O) groups is 2. The van der Waals surface area contributed by atoms with Crippen LogP contribution in [0.1, 0.15) is 0 Å². The van der Waals surface area contributed by atoms with Crippen molar-refractivity contribution in [1.82, 2.24) is 4.90 Å². The molecule has 170 valence electrons. The largest absolute Gasteiger partial charge is 0.497 e. The molecule has 2 aromatic rings. The van der Waals surface area contributed by atoms with Crippen molar-refractivity contribution in [3.05, 3.63) is 59.8 Å². The highest BCUT2D eigenvalue weighted by atomic mass is 32.2. The van der Waals surface area contributed by atoms with E-state index >= 15 is 0 Å². The number of aliphatic hydroxyl groups excluding tert-OH is 1. The molecule has 0 aliphatic carbocycles. The topological polar surface area (TPSA) is 134 Å². The van der Waals surface area contributed by atoms with Gasteiger partial charge in [0, 0.05) is 17.9 Å². The van der Waals surface area contributed by atoms with E-state index in [1.165, 1.54) is 43.4 Å². The lowest BCUT2D eigenvalue weighted by atomic mass is 10.2. The summed E-state index contributed by atoms with van der Waals surface area (Å²) in [7, 11) is -1.11. The van der Waals surface area contributed by atoms with Crippen molar-refractivity contribution >= 4 is 33.3 Å². The van der Waals surface area contributed by atoms with Crippen LogP contribution in [0.15, 0.2) is 64.7 Å². The van der Waals surface area contributed by atoms with Crippen LogP contribution in [-0.2, 0) is 24.3 Å². The van der Waals surface area contributed by atoms with E-state index in [1.54, 1.807) is 24.3 Å². The van der Waals surface area contributed by atoms with Gasteiger partial charge >= 0.3 is 5.97 Å². The van der Waals surface area contributed by atoms with Gasteiger partial charge < -0.3 is 24.8 Å². The van der Waals surface area contributed by atoms with Crippen LogP contribution in [0.5, 0.6) is 5.75 Å². The second-order valence-corrected chi connectivity index (χ2v) is 8.46. The summed E-state index contributed by atoms with van der Waals surface area (Å²) in [4.78, 5) is 26.0. The minimum atomic E-state index is -3.84. The Kier molecular flexibility index (Phi) is 7.01. The molecule has 0 bridgehead atoms. The molecule has 0 fully saturated rings. The van der Waals surface area contributed by atoms with Crippen LogP contribution in [0.4, 0.5) is 11.4 Å². The molecule has 32 heavy (non-hydrogen) atoms. The van der Waals surface area contributed by atoms with Gasteiger partial charge in [-0.25, -0.2) is 13.2 Å². The summed E-state index contributed by atoms with van der Waals surface area (Å²) >= 11 is 0. The van der Waals surface area contributed by atoms with Crippen molar-refractivity contribution in [2.45, 2.75) is 4.90 Å². The first-order valence-electron chi connectivity index (χ1n) is 9.54. The average molecular weight is 461 g/mol. The minimum Gasteiger partial charge on any atom is -0.497 e. The van der Waals surface area contributed by atoms with Gasteiger partial charge in [0.15, 0.2) is 0 Å². The number of hydrogen-bond acceptors (Lipinski definition) is 8. The van der Waals surface area contributed by atoms with Crippen LogP contribution in [0, 0.1) is 0 Å². The van der Waals surface area contributed by atoms with Crippen LogP contribution in [-0.4, -0.2) is 64.2 Å². The minimum absolute atomic E-state index is 0.00659. The number of carbonyl (C=O) groups excluding carboxylic acids is 2. The number of nitrogens with one attached hydrogen (secondary N) is 2. The Labute approximate surface area is 185 Å². The summed E-state index contributed by atoms with van der Waals surface area (Å²) in [5.41, 5.74) is 0.937. The number of benzene rings is 2. The fraction of sp³-hybridized carbons (Fsp3) is 0.238. The van der Waals surface area contributed by atoms with E-state index < -0.39 is 21.9 Å². The highest BCUT2D eigenvalue weighted by molar-refractivity contribution is 7.92. The molecule has 0 aromatic heterocycles. The van der Waals surface area contributed by atoms with Gasteiger partial charge in [-0.05, 0) is 48.5 Å². The predicted octanol–water partition coefficient (Wildman–Crippen LogP) is 1.17. The Balaban J connectivity index is 1.78. The number of rotatable bonds is 9. The lowest BCUT2D eigenvalue weighted by molar-refractivity contribution is -0.136. The Bertz CT molecular complexity index is 1130. The fourth-order valence-corrected chi connectivity index (χ4v) is 4.14. The number of β-amino-alcohol motifs (C(OH)–C–C–N with tert-alkyl or cyclic N) is 1. The SMILES string of the molecule is COC(=O)C1=C(Nc2ccc(S(=O)(=O)Nc3ccc(OC)cc3)cc2)C(=O)N(CCO)C1. The maximum absolute atomic E-state index is 12.6. The van der Waals surface area contributed by atoms with E-state index in [0.717, 1.165) is 0 Å². The summed E-state index contributed by atoms with van der Waals surface area (Å²) in [5, 5.41) is 12.0. The Hall–Kier alpha value is -3.57. The smallest absolute Gasteiger partial charge is 0.337 e. The first kappa shape index (κ1) is 23.1. The van der Waals surface area contributed by atoms with E-state index in [9.17, 15) is 18.0 Å². The third kappa shape index (κ3) is 5.01. The molecule has 0 atom stereocenters. The highest BCUT2D eigenvalue weighted by Crippen LogP contribution is 2.24. The normalized spacial score (nSPS) is 13.8. The van der Waals surface area contributed by atoms with Crippen LogP contribution in [0.25, 0.3) is 0 Å². The molecular weight excluding hydrogens is 438 g/mol. The summed E-state index contributed by atoms with van der Waals surface area (Å²) in [6, 6.07) is 12.1. The Morgan fingerprint density at radius 3 is 2.25 bits per heavy atom. The van der Waals surface area contributed by atoms with Gasteiger partial charge in [0.1, 0.15) is 11.4 Å². The molecule has 3 rings (SSSR count). The van der Waals surface area contributed by atoms with Crippen LogP contribution in [0.3, 0.4) is 0 Å². The zero-order valence-electron chi connectivity index (χ0n) is 17.5. The lowest BCUT2D eigenvalue weighted by Crippen LogP contribution is -2.31. The zero-order valence-corrected chi connectivity index (χ0v) is 18.3. The van der Waals surface area contributed by atoms with E-state index in [2.05, 4.69) is 10.0 Å². The molecule has 0 radical (unpaired) electrons. The molecule has 11 heteroatoms. The molecule has 1 aliphatic heterocycles.